The largest absolute Gasteiger partial charge is 0.506 e. The normalized spacial score (nSPS) is 9.83. The van der Waals surface area contributed by atoms with Gasteiger partial charge in [0.25, 0.3) is 0 Å². The Kier molecular flexibility index (Phi) is 3.23. The van der Waals surface area contributed by atoms with E-state index in [2.05, 4.69) is 22.5 Å². The standard InChI is InChI=1S/C9H9BrOS/c1-3-6-4-7(12-2)5-8(10)9(6)11/h3-5,11H,1H2,2H3. The van der Waals surface area contributed by atoms with E-state index < -0.39 is 0 Å². The van der Waals surface area contributed by atoms with Crippen LogP contribution in [-0.4, -0.2) is 11.4 Å². The number of hydrogen-bond acceptors (Lipinski definition) is 2. The lowest BCUT2D eigenvalue weighted by molar-refractivity contribution is 0.470. The second kappa shape index (κ2) is 4.01. The maximum atomic E-state index is 9.49. The molecule has 1 aromatic carbocycles. The summed E-state index contributed by atoms with van der Waals surface area (Å²) in [6.07, 6.45) is 3.63. The number of benzene rings is 1. The SMILES string of the molecule is C=Cc1cc(SC)cc(Br)c1O. The summed E-state index contributed by atoms with van der Waals surface area (Å²) >= 11 is 4.90. The van der Waals surface area contributed by atoms with E-state index >= 15 is 0 Å². The Bertz CT molecular complexity index is 310. The lowest BCUT2D eigenvalue weighted by atomic mass is 10.2. The van der Waals surface area contributed by atoms with Crippen LogP contribution in [0.4, 0.5) is 0 Å². The number of phenols is 1. The molecule has 0 aliphatic rings. The third-order valence-corrected chi connectivity index (χ3v) is 2.83. The molecule has 0 spiro atoms. The minimum atomic E-state index is 0.253. The van der Waals surface area contributed by atoms with Crippen LogP contribution < -0.4 is 0 Å². The van der Waals surface area contributed by atoms with Crippen molar-refractivity contribution < 1.29 is 5.11 Å². The first-order chi connectivity index (χ1) is 5.69. The minimum absolute atomic E-state index is 0.253. The molecular formula is C9H9BrOS. The van der Waals surface area contributed by atoms with Crippen molar-refractivity contribution in [3.63, 3.8) is 0 Å². The number of hydrogen-bond donors (Lipinski definition) is 1. The van der Waals surface area contributed by atoms with Gasteiger partial charge in [-0.1, -0.05) is 12.7 Å². The molecule has 0 saturated carbocycles. The van der Waals surface area contributed by atoms with E-state index in [0.717, 1.165) is 10.5 Å². The Hall–Kier alpha value is -0.410. The van der Waals surface area contributed by atoms with E-state index in [0.29, 0.717) is 4.47 Å². The monoisotopic (exact) mass is 244 g/mol. The second-order valence-electron chi connectivity index (χ2n) is 2.25. The fraction of sp³-hybridized carbons (Fsp3) is 0.111. The molecule has 0 amide bonds. The van der Waals surface area contributed by atoms with Gasteiger partial charge in [0.2, 0.25) is 0 Å². The highest BCUT2D eigenvalue weighted by Crippen LogP contribution is 2.32. The number of aromatic hydroxyl groups is 1. The van der Waals surface area contributed by atoms with Gasteiger partial charge >= 0.3 is 0 Å². The van der Waals surface area contributed by atoms with Gasteiger partial charge in [-0.2, -0.15) is 0 Å². The van der Waals surface area contributed by atoms with Crippen LogP contribution in [0.2, 0.25) is 0 Å². The van der Waals surface area contributed by atoms with Crippen LogP contribution in [0.3, 0.4) is 0 Å². The van der Waals surface area contributed by atoms with Gasteiger partial charge in [-0.3, -0.25) is 0 Å². The van der Waals surface area contributed by atoms with E-state index in [9.17, 15) is 5.11 Å². The Balaban J connectivity index is 3.28. The summed E-state index contributed by atoms with van der Waals surface area (Å²) in [5.74, 6) is 0.253. The molecule has 0 atom stereocenters. The molecule has 0 saturated heterocycles. The molecular weight excluding hydrogens is 236 g/mol. The molecule has 1 aromatic rings. The molecule has 0 aromatic heterocycles. The Morgan fingerprint density at radius 1 is 1.58 bits per heavy atom. The summed E-state index contributed by atoms with van der Waals surface area (Å²) in [6.45, 7) is 3.62. The fourth-order valence-electron chi connectivity index (χ4n) is 0.868. The van der Waals surface area contributed by atoms with Crippen molar-refractivity contribution in [1.82, 2.24) is 0 Å². The highest BCUT2D eigenvalue weighted by Gasteiger charge is 2.04. The van der Waals surface area contributed by atoms with Gasteiger partial charge in [0.15, 0.2) is 0 Å². The van der Waals surface area contributed by atoms with Crippen molar-refractivity contribution in [3.8, 4) is 5.75 Å². The molecule has 0 unspecified atom stereocenters. The predicted octanol–water partition coefficient (Wildman–Crippen LogP) is 3.52. The Labute approximate surface area is 84.6 Å². The lowest BCUT2D eigenvalue weighted by Crippen LogP contribution is -1.78. The smallest absolute Gasteiger partial charge is 0.137 e. The first kappa shape index (κ1) is 9.68. The summed E-state index contributed by atoms with van der Waals surface area (Å²) in [4.78, 5) is 1.11. The third kappa shape index (κ3) is 1.84. The van der Waals surface area contributed by atoms with E-state index in [1.807, 2.05) is 18.4 Å². The van der Waals surface area contributed by atoms with Crippen molar-refractivity contribution in [3.05, 3.63) is 28.7 Å². The first-order valence-corrected chi connectivity index (χ1v) is 5.39. The molecule has 1 nitrogen and oxygen atoms in total. The number of phenolic OH excluding ortho intramolecular Hbond substituents is 1. The van der Waals surface area contributed by atoms with E-state index in [-0.39, 0.29) is 5.75 Å². The summed E-state index contributed by atoms with van der Waals surface area (Å²) in [5.41, 5.74) is 0.758. The summed E-state index contributed by atoms with van der Waals surface area (Å²) in [7, 11) is 0. The quantitative estimate of drug-likeness (QED) is 0.804. The van der Waals surface area contributed by atoms with Crippen LogP contribution in [0.25, 0.3) is 6.08 Å². The van der Waals surface area contributed by atoms with Crippen LogP contribution in [0.1, 0.15) is 5.56 Å². The molecule has 1 N–H and O–H groups in total. The summed E-state index contributed by atoms with van der Waals surface area (Å²) in [6, 6.07) is 3.78. The van der Waals surface area contributed by atoms with Gasteiger partial charge in [0.05, 0.1) is 4.47 Å². The van der Waals surface area contributed by atoms with Gasteiger partial charge in [0, 0.05) is 10.5 Å². The average Bonchev–Trinajstić information content (AvgIpc) is 2.09. The highest BCUT2D eigenvalue weighted by molar-refractivity contribution is 9.10. The fourth-order valence-corrected chi connectivity index (χ4v) is 1.98. The van der Waals surface area contributed by atoms with Crippen LogP contribution in [-0.2, 0) is 0 Å². The van der Waals surface area contributed by atoms with Gasteiger partial charge in [-0.15, -0.1) is 11.8 Å². The van der Waals surface area contributed by atoms with Crippen LogP contribution in [0, 0.1) is 0 Å². The third-order valence-electron chi connectivity index (χ3n) is 1.52. The van der Waals surface area contributed by atoms with Crippen molar-refractivity contribution in [2.24, 2.45) is 0 Å². The number of rotatable bonds is 2. The molecule has 12 heavy (non-hydrogen) atoms. The highest BCUT2D eigenvalue weighted by atomic mass is 79.9. The molecule has 0 fully saturated rings. The average molecular weight is 245 g/mol. The minimum Gasteiger partial charge on any atom is -0.506 e. The molecule has 0 heterocycles. The van der Waals surface area contributed by atoms with Crippen molar-refractivity contribution in [2.75, 3.05) is 6.26 Å². The molecule has 3 heteroatoms. The maximum absolute atomic E-state index is 9.49. The molecule has 1 rings (SSSR count). The van der Waals surface area contributed by atoms with Gasteiger partial charge < -0.3 is 5.11 Å². The Morgan fingerprint density at radius 2 is 2.25 bits per heavy atom. The summed E-state index contributed by atoms with van der Waals surface area (Å²) < 4.78 is 0.712. The van der Waals surface area contributed by atoms with Crippen molar-refractivity contribution in [2.45, 2.75) is 4.90 Å². The molecule has 0 aliphatic carbocycles. The second-order valence-corrected chi connectivity index (χ2v) is 3.99. The number of thioether (sulfide) groups is 1. The molecule has 0 aliphatic heterocycles. The van der Waals surface area contributed by atoms with Crippen LogP contribution in [0.15, 0.2) is 28.1 Å². The molecule has 0 radical (unpaired) electrons. The summed E-state index contributed by atoms with van der Waals surface area (Å²) in [5, 5.41) is 9.49. The predicted molar refractivity (Wildman–Crippen MR) is 57.7 cm³/mol. The zero-order valence-electron chi connectivity index (χ0n) is 6.67. The van der Waals surface area contributed by atoms with Gasteiger partial charge in [-0.25, -0.2) is 0 Å². The van der Waals surface area contributed by atoms with E-state index in [4.69, 9.17) is 0 Å². The lowest BCUT2D eigenvalue weighted by Gasteiger charge is -2.04. The van der Waals surface area contributed by atoms with E-state index in [1.54, 1.807) is 17.8 Å². The van der Waals surface area contributed by atoms with Gasteiger partial charge in [0.1, 0.15) is 5.75 Å². The molecule has 64 valence electrons. The molecule has 0 bridgehead atoms. The topological polar surface area (TPSA) is 20.2 Å². The van der Waals surface area contributed by atoms with Crippen LogP contribution >= 0.6 is 27.7 Å². The van der Waals surface area contributed by atoms with E-state index in [1.165, 1.54) is 0 Å². The van der Waals surface area contributed by atoms with Crippen molar-refractivity contribution >= 4 is 33.8 Å². The zero-order chi connectivity index (χ0) is 9.14. The van der Waals surface area contributed by atoms with Crippen LogP contribution in [0.5, 0.6) is 5.75 Å². The zero-order valence-corrected chi connectivity index (χ0v) is 9.08. The first-order valence-electron chi connectivity index (χ1n) is 3.38. The van der Waals surface area contributed by atoms with Gasteiger partial charge in [-0.05, 0) is 34.3 Å². The Morgan fingerprint density at radius 3 is 2.75 bits per heavy atom. The number of halogens is 1. The maximum Gasteiger partial charge on any atom is 0.137 e. The van der Waals surface area contributed by atoms with Crippen molar-refractivity contribution in [1.29, 1.82) is 0 Å².